The van der Waals surface area contributed by atoms with Gasteiger partial charge in [0.1, 0.15) is 6.10 Å². The standard InChI is InChI=1S/C9H17NO2/c1-6-4-3-5-8(6)10-9(12)7(2)11/h6-8,11H,3-5H2,1-2H3,(H,10,12)/t6?,7-,8?/m1/s1. The van der Waals surface area contributed by atoms with Crippen molar-refractivity contribution in [2.24, 2.45) is 5.92 Å². The van der Waals surface area contributed by atoms with E-state index >= 15 is 0 Å². The lowest BCUT2D eigenvalue weighted by Gasteiger charge is -2.17. The zero-order valence-electron chi connectivity index (χ0n) is 7.71. The molecular weight excluding hydrogens is 154 g/mol. The second-order valence-corrected chi connectivity index (χ2v) is 3.70. The average molecular weight is 171 g/mol. The lowest BCUT2D eigenvalue weighted by molar-refractivity contribution is -0.129. The van der Waals surface area contributed by atoms with Gasteiger partial charge >= 0.3 is 0 Å². The van der Waals surface area contributed by atoms with Gasteiger partial charge in [0.05, 0.1) is 0 Å². The van der Waals surface area contributed by atoms with Crippen LogP contribution in [0.15, 0.2) is 0 Å². The number of aliphatic hydroxyl groups is 1. The van der Waals surface area contributed by atoms with E-state index in [4.69, 9.17) is 5.11 Å². The van der Waals surface area contributed by atoms with Crippen molar-refractivity contribution in [2.45, 2.75) is 45.3 Å². The number of carbonyl (C=O) groups is 1. The maximum atomic E-state index is 11.1. The average Bonchev–Trinajstić information content (AvgIpc) is 2.36. The number of aliphatic hydroxyl groups excluding tert-OH is 1. The third kappa shape index (κ3) is 2.21. The molecule has 0 heterocycles. The molecule has 2 N–H and O–H groups in total. The normalized spacial score (nSPS) is 31.6. The Bertz CT molecular complexity index is 168. The Balaban J connectivity index is 2.35. The van der Waals surface area contributed by atoms with Crippen LogP contribution in [-0.2, 0) is 4.79 Å². The fraction of sp³-hybridized carbons (Fsp3) is 0.889. The molecule has 1 fully saturated rings. The van der Waals surface area contributed by atoms with E-state index < -0.39 is 6.10 Å². The van der Waals surface area contributed by atoms with Gasteiger partial charge in [-0.15, -0.1) is 0 Å². The van der Waals surface area contributed by atoms with Crippen molar-refractivity contribution >= 4 is 5.91 Å². The van der Waals surface area contributed by atoms with Crippen LogP contribution in [-0.4, -0.2) is 23.2 Å². The van der Waals surface area contributed by atoms with Crippen LogP contribution in [0, 0.1) is 5.92 Å². The summed E-state index contributed by atoms with van der Waals surface area (Å²) in [7, 11) is 0. The fourth-order valence-corrected chi connectivity index (χ4v) is 1.66. The molecule has 0 aromatic heterocycles. The van der Waals surface area contributed by atoms with Crippen molar-refractivity contribution in [2.75, 3.05) is 0 Å². The Morgan fingerprint density at radius 2 is 2.25 bits per heavy atom. The van der Waals surface area contributed by atoms with E-state index in [-0.39, 0.29) is 11.9 Å². The Morgan fingerprint density at radius 3 is 2.67 bits per heavy atom. The molecule has 1 aliphatic carbocycles. The summed E-state index contributed by atoms with van der Waals surface area (Å²) < 4.78 is 0. The second-order valence-electron chi connectivity index (χ2n) is 3.70. The number of amides is 1. The second kappa shape index (κ2) is 3.90. The van der Waals surface area contributed by atoms with Crippen LogP contribution in [0.5, 0.6) is 0 Å². The largest absolute Gasteiger partial charge is 0.384 e. The van der Waals surface area contributed by atoms with Crippen molar-refractivity contribution in [1.29, 1.82) is 0 Å². The van der Waals surface area contributed by atoms with Gasteiger partial charge in [0.2, 0.25) is 5.91 Å². The molecule has 1 amide bonds. The molecular formula is C9H17NO2. The van der Waals surface area contributed by atoms with Crippen molar-refractivity contribution in [3.8, 4) is 0 Å². The Kier molecular flexibility index (Phi) is 3.09. The molecule has 0 spiro atoms. The van der Waals surface area contributed by atoms with Crippen LogP contribution in [0.25, 0.3) is 0 Å². The van der Waals surface area contributed by atoms with E-state index in [1.807, 2.05) is 0 Å². The highest BCUT2D eigenvalue weighted by molar-refractivity contribution is 5.80. The molecule has 0 bridgehead atoms. The van der Waals surface area contributed by atoms with Crippen LogP contribution < -0.4 is 5.32 Å². The number of nitrogens with one attached hydrogen (secondary N) is 1. The minimum Gasteiger partial charge on any atom is -0.384 e. The number of carbonyl (C=O) groups excluding carboxylic acids is 1. The maximum absolute atomic E-state index is 11.1. The molecule has 3 heteroatoms. The highest BCUT2D eigenvalue weighted by Crippen LogP contribution is 2.24. The van der Waals surface area contributed by atoms with Crippen LogP contribution >= 0.6 is 0 Å². The molecule has 3 atom stereocenters. The van der Waals surface area contributed by atoms with Crippen LogP contribution in [0.4, 0.5) is 0 Å². The molecule has 3 nitrogen and oxygen atoms in total. The van der Waals surface area contributed by atoms with E-state index in [0.29, 0.717) is 5.92 Å². The van der Waals surface area contributed by atoms with Crippen molar-refractivity contribution in [3.63, 3.8) is 0 Å². The summed E-state index contributed by atoms with van der Waals surface area (Å²) >= 11 is 0. The highest BCUT2D eigenvalue weighted by atomic mass is 16.3. The Hall–Kier alpha value is -0.570. The van der Waals surface area contributed by atoms with Gasteiger partial charge in [0.25, 0.3) is 0 Å². The lowest BCUT2D eigenvalue weighted by Crippen LogP contribution is -2.41. The summed E-state index contributed by atoms with van der Waals surface area (Å²) in [5.74, 6) is 0.321. The minimum atomic E-state index is -0.877. The van der Waals surface area contributed by atoms with Gasteiger partial charge in [-0.1, -0.05) is 13.3 Å². The first kappa shape index (κ1) is 9.52. The number of hydrogen-bond donors (Lipinski definition) is 2. The minimum absolute atomic E-state index is 0.242. The summed E-state index contributed by atoms with van der Waals surface area (Å²) in [6.07, 6.45) is 2.55. The summed E-state index contributed by atoms with van der Waals surface area (Å²) in [5, 5.41) is 11.8. The van der Waals surface area contributed by atoms with E-state index in [1.54, 1.807) is 0 Å². The smallest absolute Gasteiger partial charge is 0.248 e. The molecule has 12 heavy (non-hydrogen) atoms. The molecule has 0 aromatic rings. The van der Waals surface area contributed by atoms with Gasteiger partial charge < -0.3 is 10.4 Å². The summed E-state index contributed by atoms with van der Waals surface area (Å²) in [5.41, 5.74) is 0. The summed E-state index contributed by atoms with van der Waals surface area (Å²) in [4.78, 5) is 11.1. The Labute approximate surface area is 73.2 Å². The third-order valence-electron chi connectivity index (χ3n) is 2.57. The highest BCUT2D eigenvalue weighted by Gasteiger charge is 2.25. The van der Waals surface area contributed by atoms with Crippen LogP contribution in [0.2, 0.25) is 0 Å². The van der Waals surface area contributed by atoms with Crippen molar-refractivity contribution in [3.05, 3.63) is 0 Å². The first-order valence-electron chi connectivity index (χ1n) is 4.59. The third-order valence-corrected chi connectivity index (χ3v) is 2.57. The molecule has 0 saturated heterocycles. The maximum Gasteiger partial charge on any atom is 0.248 e. The number of hydrogen-bond acceptors (Lipinski definition) is 2. The fourth-order valence-electron chi connectivity index (χ4n) is 1.66. The molecule has 0 aromatic carbocycles. The van der Waals surface area contributed by atoms with Crippen molar-refractivity contribution in [1.82, 2.24) is 5.32 Å². The molecule has 70 valence electrons. The zero-order chi connectivity index (χ0) is 9.14. The summed E-state index contributed by atoms with van der Waals surface area (Å²) in [6.45, 7) is 3.63. The lowest BCUT2D eigenvalue weighted by atomic mass is 10.1. The molecule has 0 aliphatic heterocycles. The van der Waals surface area contributed by atoms with Gasteiger partial charge in [0, 0.05) is 6.04 Å². The SMILES string of the molecule is CC1CCCC1NC(=O)[C@@H](C)O. The van der Waals surface area contributed by atoms with E-state index in [1.165, 1.54) is 19.8 Å². The number of rotatable bonds is 2. The van der Waals surface area contributed by atoms with E-state index in [0.717, 1.165) is 6.42 Å². The predicted octanol–water partition coefficient (Wildman–Crippen LogP) is 0.672. The monoisotopic (exact) mass is 171 g/mol. The predicted molar refractivity (Wildman–Crippen MR) is 46.6 cm³/mol. The zero-order valence-corrected chi connectivity index (χ0v) is 7.71. The Morgan fingerprint density at radius 1 is 1.58 bits per heavy atom. The molecule has 1 aliphatic rings. The first-order valence-corrected chi connectivity index (χ1v) is 4.59. The van der Waals surface area contributed by atoms with Gasteiger partial charge in [0.15, 0.2) is 0 Å². The van der Waals surface area contributed by atoms with Crippen molar-refractivity contribution < 1.29 is 9.90 Å². The van der Waals surface area contributed by atoms with Gasteiger partial charge in [-0.2, -0.15) is 0 Å². The molecule has 2 unspecified atom stereocenters. The first-order chi connectivity index (χ1) is 5.61. The van der Waals surface area contributed by atoms with Crippen LogP contribution in [0.1, 0.15) is 33.1 Å². The molecule has 0 radical (unpaired) electrons. The van der Waals surface area contributed by atoms with E-state index in [9.17, 15) is 4.79 Å². The van der Waals surface area contributed by atoms with E-state index in [2.05, 4.69) is 12.2 Å². The van der Waals surface area contributed by atoms with Gasteiger partial charge in [-0.3, -0.25) is 4.79 Å². The molecule has 1 rings (SSSR count). The quantitative estimate of drug-likeness (QED) is 0.641. The topological polar surface area (TPSA) is 49.3 Å². The van der Waals surface area contributed by atoms with Crippen LogP contribution in [0.3, 0.4) is 0 Å². The summed E-state index contributed by atoms with van der Waals surface area (Å²) in [6, 6.07) is 0.284. The van der Waals surface area contributed by atoms with Gasteiger partial charge in [-0.05, 0) is 25.7 Å². The van der Waals surface area contributed by atoms with Gasteiger partial charge in [-0.25, -0.2) is 0 Å². The molecule has 1 saturated carbocycles.